The summed E-state index contributed by atoms with van der Waals surface area (Å²) < 4.78 is 5.54. The van der Waals surface area contributed by atoms with E-state index in [0.29, 0.717) is 6.16 Å². The van der Waals surface area contributed by atoms with Crippen LogP contribution in [0.3, 0.4) is 0 Å². The van der Waals surface area contributed by atoms with E-state index in [4.69, 9.17) is 4.74 Å². The van der Waals surface area contributed by atoms with Gasteiger partial charge in [-0.1, -0.05) is 0 Å². The molecule has 0 bridgehead atoms. The normalized spacial score (nSPS) is 14.9. The maximum atomic E-state index is 14.2. The molecule has 7 heteroatoms. The molecular formula is C42H62BrN2O3P. The number of hydrogen-bond donors (Lipinski definition) is 2. The molecule has 0 aliphatic heterocycles. The van der Waals surface area contributed by atoms with Crippen molar-refractivity contribution in [3.63, 3.8) is 0 Å². The van der Waals surface area contributed by atoms with Crippen LogP contribution >= 0.6 is 20.8 Å². The summed E-state index contributed by atoms with van der Waals surface area (Å²) in [5.41, 5.74) is 3.18. The molecule has 49 heavy (non-hydrogen) atoms. The number of halogens is 1. The third-order valence-corrected chi connectivity index (χ3v) is 18.5. The molecule has 0 saturated carbocycles. The molecule has 0 spiro atoms. The van der Waals surface area contributed by atoms with Crippen molar-refractivity contribution < 1.29 is 14.3 Å². The number of amides is 2. The number of rotatable bonds is 11. The molecule has 3 aromatic carbocycles. The summed E-state index contributed by atoms with van der Waals surface area (Å²) in [5, 5.41) is 5.46. The Hall–Kier alpha value is -2.69. The van der Waals surface area contributed by atoms with E-state index in [1.165, 1.54) is 27.3 Å². The zero-order chi connectivity index (χ0) is 37.0. The number of ether oxygens (including phenoxy) is 1. The molecule has 0 radical (unpaired) electrons. The van der Waals surface area contributed by atoms with Crippen molar-refractivity contribution in [2.45, 2.75) is 125 Å². The average Bonchev–Trinajstić information content (AvgIpc) is 2.98. The summed E-state index contributed by atoms with van der Waals surface area (Å²) in [7, 11) is 0. The fourth-order valence-electron chi connectivity index (χ4n) is 6.25. The number of nitrogens with one attached hydrogen (secondary N) is 2. The van der Waals surface area contributed by atoms with Crippen LogP contribution in [0.25, 0.3) is 0 Å². The molecule has 0 aliphatic carbocycles. The molecule has 0 saturated heterocycles. The standard InChI is InChI=1S/C42H62BrN2O3P/c1-29(2)36(44-38(46)37(30(3)4)45-39(47)48-42(11,12)13)28-49(43,34-20-16-14-17-21-34,35-22-18-15-19-23-35)27-31-24-32(40(5,6)7)26-33(25-31)41(8,9)10/h14-26,29-30,36-37H,27-28H2,1-13H3,(H,44,46)(H,45,47)/t36-,37?/m1/s1. The fraction of sp³-hybridized carbons (Fsp3) is 0.524. The van der Waals surface area contributed by atoms with Crippen LogP contribution in [0.1, 0.15) is 107 Å². The SMILES string of the molecule is CC(C)C(NC(=O)OC(C)(C)C)C(=O)N[C@H](CP(Br)(Cc1cc(C(C)(C)C)cc(C(C)(C)C)c1)(c1ccccc1)c1ccccc1)C(C)C. The van der Waals surface area contributed by atoms with Gasteiger partial charge in [-0.3, -0.25) is 0 Å². The second-order valence-corrected chi connectivity index (χ2v) is 27.1. The molecule has 270 valence electrons. The van der Waals surface area contributed by atoms with E-state index in [1.54, 1.807) is 0 Å². The summed E-state index contributed by atoms with van der Waals surface area (Å²) in [6, 6.07) is 27.8. The van der Waals surface area contributed by atoms with Crippen LogP contribution < -0.4 is 21.2 Å². The number of carbonyl (C=O) groups excluding carboxylic acids is 2. The third-order valence-electron chi connectivity index (χ3n) is 9.26. The van der Waals surface area contributed by atoms with Crippen LogP contribution in [0.2, 0.25) is 0 Å². The Bertz CT molecular complexity index is 1500. The predicted molar refractivity (Wildman–Crippen MR) is 215 cm³/mol. The molecule has 0 fully saturated rings. The van der Waals surface area contributed by atoms with E-state index in [1.807, 2.05) is 34.6 Å². The van der Waals surface area contributed by atoms with E-state index in [-0.39, 0.29) is 34.6 Å². The van der Waals surface area contributed by atoms with E-state index < -0.39 is 23.0 Å². The second-order valence-electron chi connectivity index (χ2n) is 17.5. The molecule has 3 rings (SSSR count). The number of carbonyl (C=O) groups is 2. The topological polar surface area (TPSA) is 67.4 Å². The van der Waals surface area contributed by atoms with Crippen molar-refractivity contribution in [1.82, 2.24) is 10.6 Å². The van der Waals surface area contributed by atoms with E-state index in [0.717, 1.165) is 6.16 Å². The number of alkyl carbamates (subject to hydrolysis) is 1. The van der Waals surface area contributed by atoms with Crippen molar-refractivity contribution in [3.05, 3.63) is 95.6 Å². The quantitative estimate of drug-likeness (QED) is 0.192. The minimum absolute atomic E-state index is 0.0281. The van der Waals surface area contributed by atoms with Gasteiger partial charge in [-0.05, 0) is 0 Å². The van der Waals surface area contributed by atoms with Crippen LogP contribution in [0.4, 0.5) is 4.79 Å². The van der Waals surface area contributed by atoms with Gasteiger partial charge in [-0.2, -0.15) is 0 Å². The predicted octanol–water partition coefficient (Wildman–Crippen LogP) is 9.99. The number of benzene rings is 3. The molecule has 2 N–H and O–H groups in total. The summed E-state index contributed by atoms with van der Waals surface area (Å²) in [6.45, 7) is 27.4. The van der Waals surface area contributed by atoms with E-state index in [9.17, 15) is 9.59 Å². The molecular weight excluding hydrogens is 691 g/mol. The van der Waals surface area contributed by atoms with Crippen molar-refractivity contribution in [2.24, 2.45) is 11.8 Å². The van der Waals surface area contributed by atoms with Gasteiger partial charge in [-0.25, -0.2) is 0 Å². The van der Waals surface area contributed by atoms with Crippen molar-refractivity contribution in [3.8, 4) is 0 Å². The van der Waals surface area contributed by atoms with Gasteiger partial charge in [0.1, 0.15) is 0 Å². The Morgan fingerprint density at radius 1 is 0.694 bits per heavy atom. The van der Waals surface area contributed by atoms with Gasteiger partial charge < -0.3 is 0 Å². The average molecular weight is 754 g/mol. The van der Waals surface area contributed by atoms with Gasteiger partial charge in [0.25, 0.3) is 0 Å². The Kier molecular flexibility index (Phi) is 12.7. The van der Waals surface area contributed by atoms with Gasteiger partial charge in [0.15, 0.2) is 0 Å². The molecule has 2 amide bonds. The van der Waals surface area contributed by atoms with E-state index in [2.05, 4.69) is 160 Å². The summed E-state index contributed by atoms with van der Waals surface area (Å²) >= 11 is 4.68. The first-order chi connectivity index (χ1) is 22.4. The summed E-state index contributed by atoms with van der Waals surface area (Å²) in [6.07, 6.45) is 0.866. The number of hydrogen-bond acceptors (Lipinski definition) is 3. The molecule has 1 unspecified atom stereocenters. The molecule has 0 heterocycles. The first-order valence-corrected chi connectivity index (χ1v) is 22.3. The maximum absolute atomic E-state index is 14.2. The second kappa shape index (κ2) is 15.3. The van der Waals surface area contributed by atoms with Gasteiger partial charge in [-0.15, -0.1) is 0 Å². The molecule has 3 aromatic rings. The Morgan fingerprint density at radius 2 is 1.14 bits per heavy atom. The third kappa shape index (κ3) is 10.4. The molecule has 0 aliphatic rings. The van der Waals surface area contributed by atoms with Gasteiger partial charge in [0, 0.05) is 0 Å². The molecule has 0 aromatic heterocycles. The van der Waals surface area contributed by atoms with Gasteiger partial charge in [0.2, 0.25) is 0 Å². The van der Waals surface area contributed by atoms with Crippen molar-refractivity contribution in [2.75, 3.05) is 6.16 Å². The van der Waals surface area contributed by atoms with Crippen molar-refractivity contribution >= 4 is 43.4 Å². The molecule has 5 nitrogen and oxygen atoms in total. The van der Waals surface area contributed by atoms with Crippen molar-refractivity contribution in [1.29, 1.82) is 0 Å². The minimum atomic E-state index is -3.32. The Morgan fingerprint density at radius 3 is 1.51 bits per heavy atom. The van der Waals surface area contributed by atoms with Crippen LogP contribution in [0, 0.1) is 11.8 Å². The zero-order valence-corrected chi connectivity index (χ0v) is 34.8. The van der Waals surface area contributed by atoms with E-state index >= 15 is 0 Å². The summed E-state index contributed by atoms with van der Waals surface area (Å²) in [5.74, 6) is -0.238. The first-order valence-electron chi connectivity index (χ1n) is 17.7. The zero-order valence-electron chi connectivity index (χ0n) is 32.3. The van der Waals surface area contributed by atoms with Crippen LogP contribution in [-0.2, 0) is 26.5 Å². The van der Waals surface area contributed by atoms with Crippen LogP contribution in [0.15, 0.2) is 78.9 Å². The Balaban J connectivity index is 2.25. The Labute approximate surface area is 305 Å². The van der Waals surface area contributed by atoms with Crippen LogP contribution in [0.5, 0.6) is 0 Å². The molecule has 2 atom stereocenters. The summed E-state index contributed by atoms with van der Waals surface area (Å²) in [4.78, 5) is 27.0. The van der Waals surface area contributed by atoms with Crippen LogP contribution in [-0.4, -0.2) is 35.8 Å². The van der Waals surface area contributed by atoms with Gasteiger partial charge in [0.05, 0.1) is 0 Å². The first kappa shape index (κ1) is 40.7. The monoisotopic (exact) mass is 752 g/mol. The fourth-order valence-corrected chi connectivity index (χ4v) is 14.7. The van der Waals surface area contributed by atoms with Gasteiger partial charge >= 0.3 is 307 Å².